The Hall–Kier alpha value is -2.09. The van der Waals surface area contributed by atoms with Crippen molar-refractivity contribution in [1.82, 2.24) is 0 Å². The molecule has 8 heteroatoms. The van der Waals surface area contributed by atoms with Crippen molar-refractivity contribution in [2.24, 2.45) is 11.1 Å². The van der Waals surface area contributed by atoms with Crippen molar-refractivity contribution in [2.45, 2.75) is 38.5 Å². The molecular weight excluding hydrogens is 398 g/mol. The minimum Gasteiger partial charge on any atom is -0.329 e. The molecule has 0 unspecified atom stereocenters. The first-order valence-electron chi connectivity index (χ1n) is 8.97. The lowest BCUT2D eigenvalue weighted by Crippen LogP contribution is -2.41. The van der Waals surface area contributed by atoms with Crippen LogP contribution in [0.25, 0.3) is 0 Å². The van der Waals surface area contributed by atoms with E-state index in [0.717, 1.165) is 5.56 Å². The van der Waals surface area contributed by atoms with Crippen LogP contribution in [0.3, 0.4) is 0 Å². The number of rotatable bonds is 8. The number of nitrogens with two attached hydrogens (primary N) is 1. The highest BCUT2D eigenvalue weighted by Crippen LogP contribution is 2.27. The van der Waals surface area contributed by atoms with E-state index in [1.165, 1.54) is 0 Å². The average Bonchev–Trinajstić information content (AvgIpc) is 2.65. The lowest BCUT2D eigenvalue weighted by atomic mass is 9.81. The van der Waals surface area contributed by atoms with Crippen LogP contribution in [0.5, 0.6) is 0 Å². The minimum atomic E-state index is -3.65. The Bertz CT molecular complexity index is 870. The lowest BCUT2D eigenvalue weighted by Gasteiger charge is -2.28. The van der Waals surface area contributed by atoms with Gasteiger partial charge in [-0.25, -0.2) is 8.42 Å². The molecule has 1 amide bonds. The Morgan fingerprint density at radius 1 is 0.964 bits per heavy atom. The van der Waals surface area contributed by atoms with Gasteiger partial charge in [0.25, 0.3) is 10.0 Å². The molecule has 0 bridgehead atoms. The second kappa shape index (κ2) is 9.91. The van der Waals surface area contributed by atoms with Gasteiger partial charge in [-0.1, -0.05) is 31.5 Å². The fraction of sp³-hybridized carbons (Fsp3) is 0.350. The van der Waals surface area contributed by atoms with Gasteiger partial charge >= 0.3 is 0 Å². The maximum absolute atomic E-state index is 12.6. The third kappa shape index (κ3) is 5.47. The normalized spacial score (nSPS) is 11.4. The highest BCUT2D eigenvalue weighted by molar-refractivity contribution is 7.92. The molecule has 0 aliphatic rings. The Morgan fingerprint density at radius 2 is 1.46 bits per heavy atom. The fourth-order valence-corrected chi connectivity index (χ4v) is 3.83. The second-order valence-corrected chi connectivity index (χ2v) is 8.32. The maximum atomic E-state index is 12.6. The van der Waals surface area contributed by atoms with Crippen molar-refractivity contribution in [1.29, 1.82) is 0 Å². The van der Waals surface area contributed by atoms with E-state index in [1.807, 2.05) is 20.8 Å². The molecular formula is C20H28ClN3O3S. The molecule has 0 aliphatic carbocycles. The molecule has 154 valence electrons. The number of carbonyl (C=O) groups is 1. The number of halogens is 1. The number of hydrogen-bond acceptors (Lipinski definition) is 4. The van der Waals surface area contributed by atoms with Crippen LogP contribution in [0, 0.1) is 12.3 Å². The quantitative estimate of drug-likeness (QED) is 0.596. The summed E-state index contributed by atoms with van der Waals surface area (Å²) in [6.07, 6.45) is 1.31. The van der Waals surface area contributed by atoms with E-state index in [4.69, 9.17) is 5.73 Å². The first kappa shape index (κ1) is 23.9. The van der Waals surface area contributed by atoms with E-state index in [0.29, 0.717) is 24.2 Å². The molecule has 4 N–H and O–H groups in total. The van der Waals surface area contributed by atoms with Crippen LogP contribution < -0.4 is 15.8 Å². The van der Waals surface area contributed by atoms with Crippen molar-refractivity contribution in [3.05, 3.63) is 54.1 Å². The first-order chi connectivity index (χ1) is 12.8. The highest BCUT2D eigenvalue weighted by atomic mass is 35.5. The lowest BCUT2D eigenvalue weighted by molar-refractivity contribution is -0.125. The molecule has 2 aromatic rings. The first-order valence-corrected chi connectivity index (χ1v) is 10.5. The topological polar surface area (TPSA) is 101 Å². The van der Waals surface area contributed by atoms with Crippen LogP contribution in [0.2, 0.25) is 0 Å². The van der Waals surface area contributed by atoms with Crippen LogP contribution >= 0.6 is 12.4 Å². The van der Waals surface area contributed by atoms with Crippen molar-refractivity contribution in [3.63, 3.8) is 0 Å². The molecule has 0 spiro atoms. The zero-order chi connectivity index (χ0) is 20.1. The summed E-state index contributed by atoms with van der Waals surface area (Å²) in [5, 5.41) is 2.87. The molecule has 6 nitrogen and oxygen atoms in total. The van der Waals surface area contributed by atoms with Gasteiger partial charge in [0.05, 0.1) is 10.3 Å². The van der Waals surface area contributed by atoms with E-state index >= 15 is 0 Å². The minimum absolute atomic E-state index is 0. The summed E-state index contributed by atoms with van der Waals surface area (Å²) in [5.41, 5.74) is 7.22. The Labute approximate surface area is 173 Å². The smallest absolute Gasteiger partial charge is 0.261 e. The standard InChI is InChI=1S/C20H27N3O3S.ClH/c1-4-20(5-2,14-21)19(24)22-16-8-10-17(11-9-16)23-27(25,26)18-12-6-15(3)7-13-18;/h6-13,23H,4-5,14,21H2,1-3H3,(H,22,24);1H. The molecule has 0 atom stereocenters. The predicted octanol–water partition coefficient (Wildman–Crippen LogP) is 3.92. The maximum Gasteiger partial charge on any atom is 0.261 e. The van der Waals surface area contributed by atoms with Crippen LogP contribution in [0.4, 0.5) is 11.4 Å². The number of nitrogens with one attached hydrogen (secondary N) is 2. The molecule has 0 saturated heterocycles. The molecule has 28 heavy (non-hydrogen) atoms. The number of sulfonamides is 1. The van der Waals surface area contributed by atoms with E-state index in [9.17, 15) is 13.2 Å². The summed E-state index contributed by atoms with van der Waals surface area (Å²) in [4.78, 5) is 12.7. The number of amides is 1. The van der Waals surface area contributed by atoms with Crippen LogP contribution in [-0.2, 0) is 14.8 Å². The van der Waals surface area contributed by atoms with Crippen molar-refractivity contribution < 1.29 is 13.2 Å². The number of hydrogen-bond donors (Lipinski definition) is 3. The third-order valence-electron chi connectivity index (χ3n) is 4.95. The molecule has 0 aliphatic heterocycles. The largest absolute Gasteiger partial charge is 0.329 e. The molecule has 0 fully saturated rings. The Morgan fingerprint density at radius 3 is 1.93 bits per heavy atom. The SMILES string of the molecule is CCC(CC)(CN)C(=O)Nc1ccc(NS(=O)(=O)c2ccc(C)cc2)cc1.Cl. The number of anilines is 2. The van der Waals surface area contributed by atoms with Crippen LogP contribution in [-0.4, -0.2) is 20.9 Å². The Balaban J connectivity index is 0.00000392. The summed E-state index contributed by atoms with van der Waals surface area (Å²) in [7, 11) is -3.65. The van der Waals surface area contributed by atoms with Gasteiger partial charge in [-0.15, -0.1) is 12.4 Å². The summed E-state index contributed by atoms with van der Waals surface area (Å²) in [5.74, 6) is -0.122. The van der Waals surface area contributed by atoms with Gasteiger partial charge in [0.1, 0.15) is 0 Å². The molecule has 0 saturated carbocycles. The summed E-state index contributed by atoms with van der Waals surface area (Å²) in [6.45, 7) is 6.06. The Kier molecular flexibility index (Phi) is 8.48. The van der Waals surface area contributed by atoms with Crippen molar-refractivity contribution in [3.8, 4) is 0 Å². The van der Waals surface area contributed by atoms with Gasteiger partial charge in [0.2, 0.25) is 5.91 Å². The molecule has 0 radical (unpaired) electrons. The second-order valence-electron chi connectivity index (χ2n) is 6.64. The van der Waals surface area contributed by atoms with E-state index in [-0.39, 0.29) is 29.8 Å². The highest BCUT2D eigenvalue weighted by Gasteiger charge is 2.33. The van der Waals surface area contributed by atoms with Gasteiger partial charge in [0, 0.05) is 17.9 Å². The van der Waals surface area contributed by atoms with Gasteiger partial charge in [-0.3, -0.25) is 9.52 Å². The average molecular weight is 426 g/mol. The van der Waals surface area contributed by atoms with E-state index < -0.39 is 15.4 Å². The monoisotopic (exact) mass is 425 g/mol. The van der Waals surface area contributed by atoms with E-state index in [2.05, 4.69) is 10.0 Å². The van der Waals surface area contributed by atoms with Gasteiger partial charge in [-0.05, 0) is 56.2 Å². The molecule has 2 rings (SSSR count). The van der Waals surface area contributed by atoms with Gasteiger partial charge in [-0.2, -0.15) is 0 Å². The molecule has 0 heterocycles. The summed E-state index contributed by atoms with van der Waals surface area (Å²) < 4.78 is 27.4. The number of aryl methyl sites for hydroxylation is 1. The zero-order valence-electron chi connectivity index (χ0n) is 16.4. The molecule has 0 aromatic heterocycles. The third-order valence-corrected chi connectivity index (χ3v) is 6.35. The van der Waals surface area contributed by atoms with Crippen molar-refractivity contribution in [2.75, 3.05) is 16.6 Å². The number of carbonyl (C=O) groups excluding carboxylic acids is 1. The fourth-order valence-electron chi connectivity index (χ4n) is 2.77. The number of benzene rings is 2. The molecule has 2 aromatic carbocycles. The van der Waals surface area contributed by atoms with Crippen molar-refractivity contribution >= 4 is 39.7 Å². The zero-order valence-corrected chi connectivity index (χ0v) is 18.0. The summed E-state index contributed by atoms with van der Waals surface area (Å²) >= 11 is 0. The predicted molar refractivity (Wildman–Crippen MR) is 116 cm³/mol. The van der Waals surface area contributed by atoms with E-state index in [1.54, 1.807) is 48.5 Å². The van der Waals surface area contributed by atoms with Gasteiger partial charge in [0.15, 0.2) is 0 Å². The van der Waals surface area contributed by atoms with Crippen LogP contribution in [0.15, 0.2) is 53.4 Å². The van der Waals surface area contributed by atoms with Gasteiger partial charge < -0.3 is 11.1 Å². The van der Waals surface area contributed by atoms with Crippen LogP contribution in [0.1, 0.15) is 32.3 Å². The summed E-state index contributed by atoms with van der Waals surface area (Å²) in [6, 6.07) is 13.2.